The van der Waals surface area contributed by atoms with Crippen molar-refractivity contribution < 1.29 is 9.53 Å². The van der Waals surface area contributed by atoms with Gasteiger partial charge in [-0.2, -0.15) is 0 Å². The van der Waals surface area contributed by atoms with Crippen LogP contribution in [0.15, 0.2) is 15.9 Å². The van der Waals surface area contributed by atoms with Crippen LogP contribution in [0.1, 0.15) is 12.8 Å². The van der Waals surface area contributed by atoms with Gasteiger partial charge in [-0.15, -0.1) is 0 Å². The number of carbonyl (C=O) groups is 1. The quantitative estimate of drug-likeness (QED) is 0.708. The van der Waals surface area contributed by atoms with E-state index in [2.05, 4.69) is 9.97 Å². The zero-order valence-corrected chi connectivity index (χ0v) is 10.5. The van der Waals surface area contributed by atoms with Crippen LogP contribution >= 0.6 is 0 Å². The molecule has 1 fully saturated rings. The number of aromatic nitrogens is 4. The third-order valence-corrected chi connectivity index (χ3v) is 3.56. The molecule has 0 atom stereocenters. The minimum absolute atomic E-state index is 0.213. The van der Waals surface area contributed by atoms with Crippen molar-refractivity contribution in [3.8, 4) is 0 Å². The first kappa shape index (κ1) is 11.7. The molecule has 0 aromatic carbocycles. The molecule has 8 heteroatoms. The van der Waals surface area contributed by atoms with Crippen LogP contribution in [0.2, 0.25) is 0 Å². The zero-order valence-electron chi connectivity index (χ0n) is 10.5. The standard InChI is InChI=1S/C11H12N4O4/c1-14-7-6(8(16)13-10(14)18)15(5-12-7)11(3-4-11)9(17)19-2/h5H,3-4H2,1-2H3,(H,13,16,18). The molecule has 0 saturated heterocycles. The molecule has 2 aromatic rings. The molecule has 1 aliphatic rings. The molecule has 19 heavy (non-hydrogen) atoms. The van der Waals surface area contributed by atoms with Crippen molar-refractivity contribution >= 4 is 17.1 Å². The predicted molar refractivity (Wildman–Crippen MR) is 64.8 cm³/mol. The summed E-state index contributed by atoms with van der Waals surface area (Å²) in [6.07, 6.45) is 2.59. The highest BCUT2D eigenvalue weighted by molar-refractivity contribution is 5.85. The Labute approximate surface area is 106 Å². The fourth-order valence-electron chi connectivity index (χ4n) is 2.31. The van der Waals surface area contributed by atoms with E-state index in [4.69, 9.17) is 4.74 Å². The van der Waals surface area contributed by atoms with E-state index in [-0.39, 0.29) is 11.2 Å². The van der Waals surface area contributed by atoms with Gasteiger partial charge in [0.1, 0.15) is 5.54 Å². The maximum Gasteiger partial charge on any atom is 0.332 e. The lowest BCUT2D eigenvalue weighted by Crippen LogP contribution is -2.33. The van der Waals surface area contributed by atoms with Gasteiger partial charge in [0, 0.05) is 7.05 Å². The maximum absolute atomic E-state index is 11.9. The molecule has 0 aliphatic heterocycles. The Balaban J connectivity index is 2.34. The van der Waals surface area contributed by atoms with Crippen molar-refractivity contribution in [1.82, 2.24) is 19.1 Å². The first-order valence-electron chi connectivity index (χ1n) is 5.76. The van der Waals surface area contributed by atoms with Crippen LogP contribution in [0.4, 0.5) is 0 Å². The monoisotopic (exact) mass is 264 g/mol. The minimum Gasteiger partial charge on any atom is -0.467 e. The molecule has 0 amide bonds. The number of aryl methyl sites for hydroxylation is 1. The van der Waals surface area contributed by atoms with Crippen molar-refractivity contribution in [3.05, 3.63) is 27.2 Å². The first-order chi connectivity index (χ1) is 9.01. The Morgan fingerprint density at radius 3 is 2.74 bits per heavy atom. The van der Waals surface area contributed by atoms with Crippen LogP contribution in [-0.4, -0.2) is 32.2 Å². The third-order valence-electron chi connectivity index (χ3n) is 3.56. The van der Waals surface area contributed by atoms with Crippen LogP contribution in [0, 0.1) is 0 Å². The highest BCUT2D eigenvalue weighted by atomic mass is 16.5. The molecule has 1 N–H and O–H groups in total. The summed E-state index contributed by atoms with van der Waals surface area (Å²) in [5.41, 5.74) is -1.47. The van der Waals surface area contributed by atoms with Crippen LogP contribution in [-0.2, 0) is 22.1 Å². The average Bonchev–Trinajstić information content (AvgIpc) is 3.07. The highest BCUT2D eigenvalue weighted by Gasteiger charge is 2.54. The lowest BCUT2D eigenvalue weighted by molar-refractivity contribution is -0.146. The molecule has 0 radical (unpaired) electrons. The number of esters is 1. The number of H-pyrrole nitrogens is 1. The second-order valence-electron chi connectivity index (χ2n) is 4.63. The summed E-state index contributed by atoms with van der Waals surface area (Å²) in [6.45, 7) is 0. The predicted octanol–water partition coefficient (Wildman–Crippen LogP) is -0.915. The number of aromatic amines is 1. The number of methoxy groups -OCH3 is 1. The summed E-state index contributed by atoms with van der Waals surface area (Å²) in [6, 6.07) is 0. The van der Waals surface area contributed by atoms with E-state index in [0.717, 1.165) is 0 Å². The van der Waals surface area contributed by atoms with Crippen LogP contribution < -0.4 is 11.2 Å². The number of rotatable bonds is 2. The largest absolute Gasteiger partial charge is 0.467 e. The summed E-state index contributed by atoms with van der Waals surface area (Å²) in [7, 11) is 2.82. The molecule has 1 saturated carbocycles. The Bertz CT molecular complexity index is 793. The van der Waals surface area contributed by atoms with Gasteiger partial charge in [0.15, 0.2) is 11.2 Å². The second-order valence-corrected chi connectivity index (χ2v) is 4.63. The lowest BCUT2D eigenvalue weighted by Gasteiger charge is -2.14. The van der Waals surface area contributed by atoms with Crippen LogP contribution in [0.3, 0.4) is 0 Å². The molecule has 2 heterocycles. The number of nitrogens with one attached hydrogen (secondary N) is 1. The van der Waals surface area contributed by atoms with Gasteiger partial charge in [-0.05, 0) is 12.8 Å². The Morgan fingerprint density at radius 1 is 1.47 bits per heavy atom. The lowest BCUT2D eigenvalue weighted by atomic mass is 10.2. The third kappa shape index (κ3) is 1.39. The van der Waals surface area contributed by atoms with Crippen molar-refractivity contribution in [2.75, 3.05) is 7.11 Å². The molecular formula is C11H12N4O4. The number of hydrogen-bond donors (Lipinski definition) is 1. The van der Waals surface area contributed by atoms with Gasteiger partial charge in [-0.1, -0.05) is 0 Å². The van der Waals surface area contributed by atoms with E-state index in [9.17, 15) is 14.4 Å². The summed E-state index contributed by atoms with van der Waals surface area (Å²) in [5.74, 6) is -0.403. The van der Waals surface area contributed by atoms with Gasteiger partial charge in [-0.25, -0.2) is 14.6 Å². The van der Waals surface area contributed by atoms with Crippen molar-refractivity contribution in [2.24, 2.45) is 7.05 Å². The maximum atomic E-state index is 11.9. The van der Waals surface area contributed by atoms with Gasteiger partial charge < -0.3 is 9.30 Å². The number of nitrogens with zero attached hydrogens (tertiary/aromatic N) is 3. The van der Waals surface area contributed by atoms with Crippen molar-refractivity contribution in [1.29, 1.82) is 0 Å². The van der Waals surface area contributed by atoms with Crippen LogP contribution in [0.5, 0.6) is 0 Å². The molecular weight excluding hydrogens is 252 g/mol. The van der Waals surface area contributed by atoms with Gasteiger partial charge in [0.05, 0.1) is 13.4 Å². The highest BCUT2D eigenvalue weighted by Crippen LogP contribution is 2.45. The minimum atomic E-state index is -0.853. The number of ether oxygens (including phenoxy) is 1. The molecule has 0 bridgehead atoms. The number of carbonyl (C=O) groups excluding carboxylic acids is 1. The van der Waals surface area contributed by atoms with Crippen molar-refractivity contribution in [2.45, 2.75) is 18.4 Å². The van der Waals surface area contributed by atoms with E-state index in [1.807, 2.05) is 0 Å². The van der Waals surface area contributed by atoms with E-state index in [0.29, 0.717) is 12.8 Å². The van der Waals surface area contributed by atoms with Gasteiger partial charge >= 0.3 is 11.7 Å². The topological polar surface area (TPSA) is 99.0 Å². The normalized spacial score (nSPS) is 16.5. The molecule has 100 valence electrons. The smallest absolute Gasteiger partial charge is 0.332 e. The van der Waals surface area contributed by atoms with E-state index in [1.54, 1.807) is 0 Å². The summed E-state index contributed by atoms with van der Waals surface area (Å²) >= 11 is 0. The molecule has 8 nitrogen and oxygen atoms in total. The Kier molecular flexibility index (Phi) is 2.19. The molecule has 0 unspecified atom stereocenters. The van der Waals surface area contributed by atoms with Crippen molar-refractivity contribution in [3.63, 3.8) is 0 Å². The average molecular weight is 264 g/mol. The number of imidazole rings is 1. The fourth-order valence-corrected chi connectivity index (χ4v) is 2.31. The molecule has 3 rings (SSSR count). The summed E-state index contributed by atoms with van der Waals surface area (Å²) in [4.78, 5) is 41.5. The molecule has 1 aliphatic carbocycles. The van der Waals surface area contributed by atoms with E-state index < -0.39 is 22.8 Å². The molecule has 2 aromatic heterocycles. The Hall–Kier alpha value is -2.38. The zero-order chi connectivity index (χ0) is 13.8. The first-order valence-corrected chi connectivity index (χ1v) is 5.76. The van der Waals surface area contributed by atoms with E-state index >= 15 is 0 Å². The number of hydrogen-bond acceptors (Lipinski definition) is 5. The summed E-state index contributed by atoms with van der Waals surface area (Å²) in [5, 5.41) is 0. The Morgan fingerprint density at radius 2 is 2.16 bits per heavy atom. The fraction of sp³-hybridized carbons (Fsp3) is 0.455. The van der Waals surface area contributed by atoms with Gasteiger partial charge in [0.2, 0.25) is 0 Å². The molecule has 0 spiro atoms. The second kappa shape index (κ2) is 3.56. The van der Waals surface area contributed by atoms with Gasteiger partial charge in [0.25, 0.3) is 5.56 Å². The summed E-state index contributed by atoms with van der Waals surface area (Å²) < 4.78 is 7.52. The number of fused-ring (bicyclic) bond motifs is 1. The van der Waals surface area contributed by atoms with Gasteiger partial charge in [-0.3, -0.25) is 14.3 Å². The van der Waals surface area contributed by atoms with E-state index in [1.165, 1.54) is 29.6 Å². The SMILES string of the molecule is COC(=O)C1(n2cnc3c2c(=O)[nH]c(=O)n3C)CC1. The van der Waals surface area contributed by atoms with Crippen LogP contribution in [0.25, 0.3) is 11.2 Å².